The Morgan fingerprint density at radius 1 is 0.859 bits per heavy atom. The van der Waals surface area contributed by atoms with Gasteiger partial charge in [-0.3, -0.25) is 49.3 Å². The van der Waals surface area contributed by atoms with E-state index in [0.717, 1.165) is 30.0 Å². The average Bonchev–Trinajstić information content (AvgIpc) is 1.22. The number of ketones is 1. The highest BCUT2D eigenvalue weighted by Gasteiger charge is 2.56. The van der Waals surface area contributed by atoms with Crippen LogP contribution in [0.25, 0.3) is 0 Å². The van der Waals surface area contributed by atoms with Crippen molar-refractivity contribution in [2.75, 3.05) is 61.1 Å². The van der Waals surface area contributed by atoms with Gasteiger partial charge in [0.25, 0.3) is 11.7 Å². The summed E-state index contributed by atoms with van der Waals surface area (Å²) < 4.78 is 75.1. The lowest BCUT2D eigenvalue weighted by Crippen LogP contribution is -2.66. The summed E-state index contributed by atoms with van der Waals surface area (Å²) in [5.74, 6) is 5.89. The fourth-order valence-electron chi connectivity index (χ4n) is 16.9. The number of carbonyl (C=O) groups excluding carboxylic acids is 8. The van der Waals surface area contributed by atoms with E-state index in [9.17, 15) is 63.9 Å². The maximum Gasteiger partial charge on any atom is 0.407 e. The third-order valence-corrected chi connectivity index (χ3v) is 32.4. The molecule has 10 rings (SSSR count). The molecule has 8 aliphatic rings. The van der Waals surface area contributed by atoms with Gasteiger partial charge in [-0.05, 0) is 127 Å². The topological polar surface area (TPSA) is 490 Å². The van der Waals surface area contributed by atoms with Crippen molar-refractivity contribution < 1.29 is 126 Å². The van der Waals surface area contributed by atoms with Crippen molar-refractivity contribution in [3.63, 3.8) is 0 Å². The zero-order valence-electron chi connectivity index (χ0n) is 74.6. The Morgan fingerprint density at radius 2 is 1.58 bits per heavy atom. The lowest BCUT2D eigenvalue weighted by atomic mass is 9.68. The lowest BCUT2D eigenvalue weighted by molar-refractivity contribution is -0.340. The zero-order valence-corrected chi connectivity index (χ0v) is 80.8. The summed E-state index contributed by atoms with van der Waals surface area (Å²) in [6.45, 7) is 15.4. The van der Waals surface area contributed by atoms with Crippen molar-refractivity contribution in [3.05, 3.63) is 49.9 Å². The molecule has 2 aromatic rings. The minimum atomic E-state index is -2.23. The number of thioether (sulfide) groups is 3. The smallest absolute Gasteiger partial charge is 0.407 e. The number of primary amides is 1. The molecule has 37 nitrogen and oxygen atoms in total. The molecule has 24 atom stereocenters. The van der Waals surface area contributed by atoms with Gasteiger partial charge < -0.3 is 109 Å². The van der Waals surface area contributed by atoms with Crippen molar-refractivity contribution in [1.82, 2.24) is 52.2 Å². The molecule has 0 spiro atoms. The first-order valence-electron chi connectivity index (χ1n) is 43.0. The van der Waals surface area contributed by atoms with Crippen LogP contribution in [-0.2, 0) is 105 Å². The number of carbonyl (C=O) groups is 8. The predicted molar refractivity (Wildman–Crippen MR) is 485 cm³/mol. The van der Waals surface area contributed by atoms with Crippen LogP contribution in [0.5, 0.6) is 17.2 Å². The first-order chi connectivity index (χ1) is 61.0. The highest BCUT2D eigenvalue weighted by Crippen LogP contribution is 2.51. The second kappa shape index (κ2) is 48.3. The van der Waals surface area contributed by atoms with Crippen LogP contribution in [0.15, 0.2) is 23.8 Å². The number of nitrogens with one attached hydrogen (secondary N) is 6. The number of benzene rings is 1. The number of ether oxygens (including phenoxy) is 12. The Labute approximate surface area is 780 Å². The molecule has 0 radical (unpaired) electrons. The number of hydrazine groups is 1. The Morgan fingerprint density at radius 3 is 2.25 bits per heavy atom. The number of hydrogen-bond donors (Lipinski definition) is 12. The molecule has 13 N–H and O–H groups in total. The van der Waals surface area contributed by atoms with Crippen LogP contribution in [0.2, 0.25) is 0 Å². The minimum absolute atomic E-state index is 0.0129. The number of alkyl carbamates (subject to hydrolysis) is 1. The summed E-state index contributed by atoms with van der Waals surface area (Å²) in [7, 11) is 9.32. The Balaban J connectivity index is 0.789. The molecule has 1 aromatic carbocycles. The number of amides is 7. The average molecular weight is 2000 g/mol. The number of aliphatic hydroxyl groups is 5. The summed E-state index contributed by atoms with van der Waals surface area (Å²) in [6.07, 6.45) is -4.24. The molecule has 6 heterocycles. The fourth-order valence-corrected chi connectivity index (χ4v) is 24.2. The highest BCUT2D eigenvalue weighted by atomic mass is 127. The molecule has 3 aliphatic carbocycles. The van der Waals surface area contributed by atoms with Crippen molar-refractivity contribution in [2.24, 2.45) is 11.7 Å². The molecule has 5 aliphatic heterocycles. The van der Waals surface area contributed by atoms with Gasteiger partial charge in [-0.1, -0.05) is 82.2 Å². The van der Waals surface area contributed by atoms with E-state index in [1.54, 1.807) is 45.6 Å². The van der Waals surface area contributed by atoms with Crippen molar-refractivity contribution in [2.45, 2.75) is 318 Å². The first kappa shape index (κ1) is 104. The molecule has 4 bridgehead atoms. The molecule has 43 heteroatoms. The molecular weight excluding hydrogens is 1880 g/mol. The van der Waals surface area contributed by atoms with Crippen LogP contribution < -0.4 is 52.2 Å². The molecule has 128 heavy (non-hydrogen) atoms. The van der Waals surface area contributed by atoms with Crippen LogP contribution in [0.4, 0.5) is 4.79 Å². The van der Waals surface area contributed by atoms with Gasteiger partial charge in [0, 0.05) is 110 Å². The molecule has 20 unspecified atom stereocenters. The number of allylic oxidation sites excluding steroid dienone is 2. The van der Waals surface area contributed by atoms with E-state index in [4.69, 9.17) is 67.4 Å². The number of likely N-dealkylation sites (N-methyl/N-ethyl adjacent to an activating group) is 1. The number of rotatable bonds is 35. The summed E-state index contributed by atoms with van der Waals surface area (Å²) in [5.41, 5.74) is 14.4. The highest BCUT2D eigenvalue weighted by molar-refractivity contribution is 14.1. The summed E-state index contributed by atoms with van der Waals surface area (Å²) in [5, 5.41) is 77.7. The normalized spacial score (nSPS) is 31.8. The van der Waals surface area contributed by atoms with Gasteiger partial charge >= 0.3 is 6.09 Å². The number of nitrogens with zero attached hydrogens (tertiary/aromatic N) is 4. The second-order valence-corrected chi connectivity index (χ2v) is 41.4. The predicted octanol–water partition coefficient (Wildman–Crippen LogP) is 4.48. The lowest BCUT2D eigenvalue weighted by Gasteiger charge is -2.48. The van der Waals surface area contributed by atoms with E-state index in [0.29, 0.717) is 50.5 Å². The van der Waals surface area contributed by atoms with E-state index in [1.165, 1.54) is 133 Å². The largest absolute Gasteiger partial charge is 0.492 e. The number of aryl methyl sites for hydroxylation is 1. The first-order valence-corrected chi connectivity index (χ1v) is 49.5. The third kappa shape index (κ3) is 27.0. The third-order valence-electron chi connectivity index (χ3n) is 23.8. The number of hydroxylamine groups is 1. The van der Waals surface area contributed by atoms with Gasteiger partial charge in [-0.15, -0.1) is 16.9 Å². The van der Waals surface area contributed by atoms with Crippen LogP contribution >= 0.6 is 79.5 Å². The van der Waals surface area contributed by atoms with Crippen LogP contribution in [0.1, 0.15) is 168 Å². The van der Waals surface area contributed by atoms with Crippen molar-refractivity contribution in [1.29, 1.82) is 0 Å². The quantitative estimate of drug-likeness (QED) is 0.00860. The Kier molecular flexibility index (Phi) is 39.2. The summed E-state index contributed by atoms with van der Waals surface area (Å²) in [6, 6.07) is -5.93. The second-order valence-electron chi connectivity index (χ2n) is 33.5. The molecule has 1 aromatic heterocycles. The van der Waals surface area contributed by atoms with E-state index < -0.39 is 192 Å². The number of Topliss-reactive ketones (excluding diaryl/α,β-unsaturated/α-hetero) is 1. The van der Waals surface area contributed by atoms with Gasteiger partial charge in [0.2, 0.25) is 35.3 Å². The number of methoxy groups -OCH3 is 5. The fraction of sp³-hybridized carbons (Fsp3) is 0.718. The SMILES string of the molecule is CCN(C(C)=O)C1COC(OC2C(O[C@H]3C#C/C=C\C#C[C@]4(O)CC(=O)C(NC(=O)OC)C3/C4=C\CSSC(C)(C)CC(=O)NNC(=O)[C@H](C)NC(=O)[C@H](CC(N)=O)NC(=O)CCCn3nnc4c3CSC3CCCCCCC(C3)SC4)OC(C)C(NOC3CC(O)C(SCc4c(C)c(I)c(OC5(O)COC(C)C(O)C5OC)c(OC)c4OC)C(C)O3)C2O)CC1OC. The Hall–Kier alpha value is -6.00. The number of aromatic nitrogens is 3. The van der Waals surface area contributed by atoms with E-state index in [2.05, 4.69) is 88.9 Å². The monoisotopic (exact) mass is 2000 g/mol. The molecule has 7 amide bonds. The number of halogens is 1. The number of aliphatic hydroxyl groups excluding tert-OH is 3. The molecule has 6 fully saturated rings. The maximum absolute atomic E-state index is 14.7. The van der Waals surface area contributed by atoms with Crippen molar-refractivity contribution in [3.8, 4) is 40.9 Å². The van der Waals surface area contributed by atoms with E-state index >= 15 is 0 Å². The molecule has 4 saturated heterocycles. The maximum atomic E-state index is 14.7. The molecule has 712 valence electrons. The minimum Gasteiger partial charge on any atom is -0.492 e. The van der Waals surface area contributed by atoms with Crippen molar-refractivity contribution >= 4 is 127 Å². The summed E-state index contributed by atoms with van der Waals surface area (Å²) >= 11 is 7.38. The number of nitrogens with two attached hydrogens (primary N) is 1. The number of fused-ring (bicyclic) bond motifs is 5. The van der Waals surface area contributed by atoms with E-state index in [1.807, 2.05) is 42.1 Å². The van der Waals surface area contributed by atoms with Gasteiger partial charge in [0.05, 0.1) is 104 Å². The van der Waals surface area contributed by atoms with Crippen LogP contribution in [0, 0.1) is 40.1 Å². The van der Waals surface area contributed by atoms with E-state index in [-0.39, 0.29) is 73.4 Å². The van der Waals surface area contributed by atoms with Gasteiger partial charge in [-0.25, -0.2) is 9.48 Å². The molecule has 2 saturated carbocycles. The molecular formula is C85H124IN11O26S5. The summed E-state index contributed by atoms with van der Waals surface area (Å²) in [4.78, 5) is 115. The Bertz CT molecular complexity index is 4370. The zero-order chi connectivity index (χ0) is 93.1. The number of hydrogen-bond acceptors (Lipinski definition) is 34. The van der Waals surface area contributed by atoms with Crippen LogP contribution in [0.3, 0.4) is 0 Å². The van der Waals surface area contributed by atoms with Gasteiger partial charge in [0.1, 0.15) is 49.1 Å². The van der Waals surface area contributed by atoms with Gasteiger partial charge in [-0.2, -0.15) is 29.0 Å². The standard InChI is InChI=1S/C85H124IN11O26S5/c1-15-96(49(7)98)56-39-116-65(36-61(56)111-10)121-75-72(105)69(94-123-66-35-58(99)77(48(6)118-66)126-40-52-44(2)68(86)74(76(113-12)73(52)112-11)122-85(110)43-117-47(5)71(104)78(85)114-13)46(4)119-81(75)120-60-27-22-18-19-23-30-84(109)37-59(100)70(90-82(108)115-14)67(60)53(84)29-32-127-128-83(8,9)38-64(103)92-93-79(106)45(3)88-80(107)54(34-62(87)101)89-63(102)28-24-31-97-57-42-125-51-26-21-17-16-20-25-50(33-51)124-41-55(57)91-95-97/h18-19,29,45-48,50-51,54,56,58,60-61,65-67,69-72,75,77-78,81,94,99,104-105,109-110H,15-17,20-21,24-26,28,31-43H2,1-14H3,(H2,87,101)(H,88,107)(H,89,102)(H,90,108)(H,92,103)(H,93,106)/b19-18-,53-29+/t45-,46?,47?,48?,50?,51?,54-,56?,58?,60-,61?,65?,66?,67?,69?,70?,71?,72?,75?,77?,78?,81?,84-,85?/m0/s1. The van der Waals surface area contributed by atoms with Gasteiger partial charge in [0.15, 0.2) is 47.9 Å². The van der Waals surface area contributed by atoms with Crippen LogP contribution in [-0.4, -0.2) is 296 Å².